The molecule has 2 aromatic rings. The first-order valence-electron chi connectivity index (χ1n) is 9.24. The molecule has 0 radical (unpaired) electrons. The predicted molar refractivity (Wildman–Crippen MR) is 100 cm³/mol. The second-order valence-electron chi connectivity index (χ2n) is 6.86. The summed E-state index contributed by atoms with van der Waals surface area (Å²) in [7, 11) is 1.32. The Balaban J connectivity index is 1.63. The zero-order chi connectivity index (χ0) is 18.5. The molecule has 0 unspecified atom stereocenters. The molecule has 0 amide bonds. The molecule has 0 heterocycles. The molecule has 1 fully saturated rings. The molecule has 2 aromatic carbocycles. The Morgan fingerprint density at radius 2 is 1.65 bits per heavy atom. The van der Waals surface area contributed by atoms with Gasteiger partial charge >= 0.3 is 0 Å². The van der Waals surface area contributed by atoms with Crippen LogP contribution in [0.3, 0.4) is 0 Å². The van der Waals surface area contributed by atoms with Crippen molar-refractivity contribution < 1.29 is 13.5 Å². The Morgan fingerprint density at radius 3 is 2.27 bits per heavy atom. The first-order valence-corrected chi connectivity index (χ1v) is 9.24. The number of methoxy groups -OCH3 is 1. The highest BCUT2D eigenvalue weighted by molar-refractivity contribution is 5.41. The molecule has 1 aliphatic carbocycles. The molecule has 26 heavy (non-hydrogen) atoms. The van der Waals surface area contributed by atoms with Crippen molar-refractivity contribution in [2.45, 2.75) is 44.9 Å². The van der Waals surface area contributed by atoms with Crippen LogP contribution in [-0.4, -0.2) is 7.11 Å². The maximum atomic E-state index is 14.0. The number of benzene rings is 2. The number of hydrogen-bond acceptors (Lipinski definition) is 1. The molecule has 0 atom stereocenters. The monoisotopic (exact) mass is 354 g/mol. The van der Waals surface area contributed by atoms with Gasteiger partial charge < -0.3 is 4.74 Å². The molecular weight excluding hydrogens is 330 g/mol. The van der Waals surface area contributed by atoms with Gasteiger partial charge in [0.2, 0.25) is 5.82 Å². The van der Waals surface area contributed by atoms with Crippen LogP contribution in [0.15, 0.2) is 36.4 Å². The minimum atomic E-state index is -0.974. The summed E-state index contributed by atoms with van der Waals surface area (Å²) < 4.78 is 32.5. The topological polar surface area (TPSA) is 9.23 Å². The molecule has 136 valence electrons. The molecule has 1 aliphatic rings. The van der Waals surface area contributed by atoms with E-state index in [-0.39, 0.29) is 17.2 Å². The van der Waals surface area contributed by atoms with Gasteiger partial charge in [0.1, 0.15) is 0 Å². The zero-order valence-corrected chi connectivity index (χ0v) is 15.3. The molecule has 0 saturated heterocycles. The van der Waals surface area contributed by atoms with Gasteiger partial charge in [0.05, 0.1) is 12.7 Å². The van der Waals surface area contributed by atoms with Crippen LogP contribution in [0.1, 0.15) is 55.2 Å². The number of halogens is 2. The minimum absolute atomic E-state index is 0.0948. The van der Waals surface area contributed by atoms with Gasteiger partial charge in [-0.2, -0.15) is 4.39 Å². The van der Waals surface area contributed by atoms with Gasteiger partial charge in [0.15, 0.2) is 11.6 Å². The smallest absolute Gasteiger partial charge is 0.201 e. The van der Waals surface area contributed by atoms with Crippen LogP contribution in [0.25, 0.3) is 0 Å². The highest BCUT2D eigenvalue weighted by Gasteiger charge is 2.21. The van der Waals surface area contributed by atoms with Gasteiger partial charge in [0, 0.05) is 5.92 Å². The third-order valence-electron chi connectivity index (χ3n) is 5.26. The van der Waals surface area contributed by atoms with Crippen molar-refractivity contribution in [1.29, 1.82) is 0 Å². The summed E-state index contributed by atoms with van der Waals surface area (Å²) in [6.45, 7) is 2.16. The zero-order valence-electron chi connectivity index (χ0n) is 15.3. The summed E-state index contributed by atoms with van der Waals surface area (Å²) in [6.07, 6.45) is 5.22. The van der Waals surface area contributed by atoms with E-state index in [1.54, 1.807) is 0 Å². The lowest BCUT2D eigenvalue weighted by Gasteiger charge is -2.26. The first-order chi connectivity index (χ1) is 12.6. The normalized spacial score (nSPS) is 19.5. The van der Waals surface area contributed by atoms with Gasteiger partial charge in [-0.25, -0.2) is 4.39 Å². The van der Waals surface area contributed by atoms with E-state index in [1.807, 2.05) is 0 Å². The lowest BCUT2D eigenvalue weighted by atomic mass is 9.79. The second-order valence-corrected chi connectivity index (χ2v) is 6.86. The molecule has 3 rings (SSSR count). The van der Waals surface area contributed by atoms with Crippen LogP contribution in [-0.2, 0) is 6.42 Å². The summed E-state index contributed by atoms with van der Waals surface area (Å²) in [5, 5.41) is 0. The summed E-state index contributed by atoms with van der Waals surface area (Å²) >= 11 is 0. The average Bonchev–Trinajstić information content (AvgIpc) is 2.70. The Hall–Kier alpha value is -2.34. The molecule has 0 aliphatic heterocycles. The largest absolute Gasteiger partial charge is 0.494 e. The van der Waals surface area contributed by atoms with Crippen molar-refractivity contribution in [2.75, 3.05) is 7.11 Å². The Bertz CT molecular complexity index is 807. The minimum Gasteiger partial charge on any atom is -0.494 e. The summed E-state index contributed by atoms with van der Waals surface area (Å²) in [5.41, 5.74) is 2.86. The van der Waals surface area contributed by atoms with E-state index in [0.717, 1.165) is 32.1 Å². The van der Waals surface area contributed by atoms with Gasteiger partial charge in [0.25, 0.3) is 0 Å². The lowest BCUT2D eigenvalue weighted by molar-refractivity contribution is 0.371. The van der Waals surface area contributed by atoms with Gasteiger partial charge in [-0.05, 0) is 61.3 Å². The van der Waals surface area contributed by atoms with E-state index in [2.05, 4.69) is 43.0 Å². The average molecular weight is 354 g/mol. The Labute approximate surface area is 154 Å². The van der Waals surface area contributed by atoms with Gasteiger partial charge in [-0.15, -0.1) is 0 Å². The van der Waals surface area contributed by atoms with Crippen molar-refractivity contribution in [2.24, 2.45) is 5.92 Å². The maximum Gasteiger partial charge on any atom is 0.201 e. The van der Waals surface area contributed by atoms with E-state index in [4.69, 9.17) is 4.74 Å². The van der Waals surface area contributed by atoms with E-state index in [1.165, 1.54) is 30.4 Å². The van der Waals surface area contributed by atoms with E-state index in [9.17, 15) is 8.78 Å². The van der Waals surface area contributed by atoms with Crippen molar-refractivity contribution in [1.82, 2.24) is 0 Å². The van der Waals surface area contributed by atoms with E-state index < -0.39 is 11.6 Å². The highest BCUT2D eigenvalue weighted by atomic mass is 19.2. The van der Waals surface area contributed by atoms with Crippen molar-refractivity contribution in [3.8, 4) is 17.6 Å². The molecule has 0 aromatic heterocycles. The molecule has 0 bridgehead atoms. The van der Waals surface area contributed by atoms with Crippen LogP contribution < -0.4 is 4.74 Å². The fraction of sp³-hybridized carbons (Fsp3) is 0.391. The SMILES string of the molecule is CCc1ccc([C@H]2CC[C@H](C#Cc3ccc(OC)c(F)c3F)CC2)cc1. The van der Waals surface area contributed by atoms with Crippen LogP contribution in [0.2, 0.25) is 0 Å². The second kappa shape index (κ2) is 8.36. The predicted octanol–water partition coefficient (Wildman–Crippen LogP) is 5.86. The molecular formula is C23H24F2O. The maximum absolute atomic E-state index is 14.0. The van der Waals surface area contributed by atoms with Crippen molar-refractivity contribution in [3.05, 3.63) is 64.7 Å². The van der Waals surface area contributed by atoms with Gasteiger partial charge in [-0.3, -0.25) is 0 Å². The fourth-order valence-corrected chi connectivity index (χ4v) is 3.56. The fourth-order valence-electron chi connectivity index (χ4n) is 3.56. The van der Waals surface area contributed by atoms with Gasteiger partial charge in [-0.1, -0.05) is 43.0 Å². The van der Waals surface area contributed by atoms with Crippen LogP contribution in [0, 0.1) is 29.4 Å². The number of hydrogen-bond donors (Lipinski definition) is 0. The van der Waals surface area contributed by atoms with Crippen LogP contribution >= 0.6 is 0 Å². The first kappa shape index (κ1) is 18.5. The molecule has 1 nitrogen and oxygen atoms in total. The molecule has 1 saturated carbocycles. The summed E-state index contributed by atoms with van der Waals surface area (Å²) in [4.78, 5) is 0. The molecule has 0 spiro atoms. The molecule has 3 heteroatoms. The third-order valence-corrected chi connectivity index (χ3v) is 5.26. The standard InChI is InChI=1S/C23H24F2O/c1-3-16-4-9-18(10-5-16)19-11-6-17(7-12-19)8-13-20-14-15-21(26-2)23(25)22(20)24/h4-5,9-10,14-15,17,19H,3,6-7,11-12H2,1-2H3/t17-,19-. The Morgan fingerprint density at radius 1 is 0.962 bits per heavy atom. The van der Waals surface area contributed by atoms with E-state index in [0.29, 0.717) is 5.92 Å². The quantitative estimate of drug-likeness (QED) is 0.627. The molecule has 0 N–H and O–H groups in total. The van der Waals surface area contributed by atoms with E-state index >= 15 is 0 Å². The van der Waals surface area contributed by atoms with Crippen LogP contribution in [0.4, 0.5) is 8.78 Å². The number of rotatable bonds is 3. The highest BCUT2D eigenvalue weighted by Crippen LogP contribution is 2.35. The number of aryl methyl sites for hydroxylation is 1. The lowest BCUT2D eigenvalue weighted by Crippen LogP contribution is -2.12. The third kappa shape index (κ3) is 4.07. The summed E-state index contributed by atoms with van der Waals surface area (Å²) in [6, 6.07) is 11.8. The Kier molecular flexibility index (Phi) is 5.93. The number of ether oxygens (including phenoxy) is 1. The van der Waals surface area contributed by atoms with Crippen molar-refractivity contribution in [3.63, 3.8) is 0 Å². The van der Waals surface area contributed by atoms with Crippen molar-refractivity contribution >= 4 is 0 Å². The summed E-state index contributed by atoms with van der Waals surface area (Å²) in [5.74, 6) is 4.78. The van der Waals surface area contributed by atoms with Crippen LogP contribution in [0.5, 0.6) is 5.75 Å².